The Morgan fingerprint density at radius 2 is 2.15 bits per heavy atom. The van der Waals surface area contributed by atoms with Gasteiger partial charge in [0.05, 0.1) is 6.10 Å². The summed E-state index contributed by atoms with van der Waals surface area (Å²) in [4.78, 5) is 10.6. The second-order valence-electron chi connectivity index (χ2n) is 4.27. The molecule has 0 aromatic heterocycles. The summed E-state index contributed by atoms with van der Waals surface area (Å²) in [6.45, 7) is 2.37. The molecule has 6 heteroatoms. The molecule has 1 aromatic rings. The fraction of sp³-hybridized carbons (Fsp3) is 0.357. The molecule has 6 nitrogen and oxygen atoms in total. The number of carbonyl (C=O) groups is 1. The highest BCUT2D eigenvalue weighted by Gasteiger charge is 2.17. The summed E-state index contributed by atoms with van der Waals surface area (Å²) in [6, 6.07) is 3.38. The Morgan fingerprint density at radius 1 is 1.45 bits per heavy atom. The highest BCUT2D eigenvalue weighted by atomic mass is 16.7. The highest BCUT2D eigenvalue weighted by Crippen LogP contribution is 2.38. The number of benzene rings is 1. The lowest BCUT2D eigenvalue weighted by atomic mass is 10.1. The molecule has 0 amide bonds. The van der Waals surface area contributed by atoms with Crippen LogP contribution in [0.15, 0.2) is 18.2 Å². The zero-order valence-corrected chi connectivity index (χ0v) is 11.3. The first kappa shape index (κ1) is 14.2. The molecule has 0 fully saturated rings. The summed E-state index contributed by atoms with van der Waals surface area (Å²) in [7, 11) is 1.60. The molecule has 1 aromatic carbocycles. The van der Waals surface area contributed by atoms with Crippen LogP contribution in [0.4, 0.5) is 0 Å². The van der Waals surface area contributed by atoms with Gasteiger partial charge in [-0.15, -0.1) is 0 Å². The molecule has 1 atom stereocenters. The molecule has 20 heavy (non-hydrogen) atoms. The molecule has 1 N–H and O–H groups in total. The topological polar surface area (TPSA) is 74.2 Å². The lowest BCUT2D eigenvalue weighted by Gasteiger charge is -2.14. The second-order valence-corrected chi connectivity index (χ2v) is 4.27. The van der Waals surface area contributed by atoms with E-state index >= 15 is 0 Å². The van der Waals surface area contributed by atoms with Gasteiger partial charge in [0.25, 0.3) is 0 Å². The third kappa shape index (κ3) is 3.42. The van der Waals surface area contributed by atoms with Gasteiger partial charge in [0.15, 0.2) is 11.5 Å². The average molecular weight is 280 g/mol. The summed E-state index contributed by atoms with van der Waals surface area (Å²) >= 11 is 0. The first-order valence-electron chi connectivity index (χ1n) is 6.10. The molecule has 0 saturated heterocycles. The van der Waals surface area contributed by atoms with E-state index < -0.39 is 5.97 Å². The van der Waals surface area contributed by atoms with Crippen molar-refractivity contribution in [2.75, 3.05) is 20.5 Å². The van der Waals surface area contributed by atoms with Crippen LogP contribution in [0.1, 0.15) is 12.5 Å². The number of hydrogen-bond acceptors (Lipinski definition) is 5. The molecule has 1 heterocycles. The van der Waals surface area contributed by atoms with Crippen LogP contribution in [0.25, 0.3) is 6.08 Å². The summed E-state index contributed by atoms with van der Waals surface area (Å²) in [5, 5.41) is 8.71. The molecule has 0 radical (unpaired) electrons. The minimum atomic E-state index is -1.03. The van der Waals surface area contributed by atoms with Crippen LogP contribution in [0.5, 0.6) is 17.2 Å². The van der Waals surface area contributed by atoms with Gasteiger partial charge in [-0.2, -0.15) is 0 Å². The van der Waals surface area contributed by atoms with Gasteiger partial charge in [-0.25, -0.2) is 4.79 Å². The van der Waals surface area contributed by atoms with Crippen LogP contribution >= 0.6 is 0 Å². The Balaban J connectivity index is 2.24. The average Bonchev–Trinajstić information content (AvgIpc) is 2.88. The number of aliphatic carboxylic acids is 1. The minimum Gasteiger partial charge on any atom is -0.490 e. The van der Waals surface area contributed by atoms with Crippen molar-refractivity contribution < 1.29 is 28.8 Å². The maximum atomic E-state index is 10.6. The number of ether oxygens (including phenoxy) is 4. The van der Waals surface area contributed by atoms with Crippen LogP contribution in [-0.4, -0.2) is 37.7 Å². The van der Waals surface area contributed by atoms with E-state index in [0.29, 0.717) is 29.4 Å². The third-order valence-corrected chi connectivity index (χ3v) is 2.79. The largest absolute Gasteiger partial charge is 0.490 e. The molecule has 0 saturated carbocycles. The first-order chi connectivity index (χ1) is 9.60. The normalized spacial score (nSPS) is 14.5. The van der Waals surface area contributed by atoms with Gasteiger partial charge in [-0.1, -0.05) is 0 Å². The maximum Gasteiger partial charge on any atom is 0.328 e. The van der Waals surface area contributed by atoms with Crippen LogP contribution in [0.2, 0.25) is 0 Å². The van der Waals surface area contributed by atoms with Crippen molar-refractivity contribution in [2.45, 2.75) is 13.0 Å². The van der Waals surface area contributed by atoms with E-state index in [0.717, 1.165) is 6.08 Å². The van der Waals surface area contributed by atoms with Crippen molar-refractivity contribution in [2.24, 2.45) is 0 Å². The van der Waals surface area contributed by atoms with Gasteiger partial charge in [0.1, 0.15) is 12.4 Å². The summed E-state index contributed by atoms with van der Waals surface area (Å²) in [5.74, 6) is 0.647. The number of rotatable bonds is 6. The van der Waals surface area contributed by atoms with Crippen molar-refractivity contribution in [3.63, 3.8) is 0 Å². The summed E-state index contributed by atoms with van der Waals surface area (Å²) < 4.78 is 21.3. The van der Waals surface area contributed by atoms with E-state index in [2.05, 4.69) is 0 Å². The van der Waals surface area contributed by atoms with Crippen LogP contribution in [0.3, 0.4) is 0 Å². The molecule has 1 aliphatic heterocycles. The van der Waals surface area contributed by atoms with Crippen molar-refractivity contribution in [1.82, 2.24) is 0 Å². The van der Waals surface area contributed by atoms with Gasteiger partial charge < -0.3 is 24.1 Å². The number of hydrogen-bond donors (Lipinski definition) is 1. The van der Waals surface area contributed by atoms with E-state index in [-0.39, 0.29) is 12.9 Å². The van der Waals surface area contributed by atoms with Crippen molar-refractivity contribution in [3.8, 4) is 17.2 Å². The number of fused-ring (bicyclic) bond motifs is 1. The molecule has 2 rings (SSSR count). The second kappa shape index (κ2) is 6.29. The minimum absolute atomic E-state index is 0.0725. The van der Waals surface area contributed by atoms with E-state index in [1.54, 1.807) is 19.2 Å². The molecule has 1 aliphatic rings. The van der Waals surface area contributed by atoms with Crippen LogP contribution in [0, 0.1) is 0 Å². The zero-order chi connectivity index (χ0) is 14.5. The maximum absolute atomic E-state index is 10.6. The highest BCUT2D eigenvalue weighted by molar-refractivity contribution is 5.86. The predicted octanol–water partition coefficient (Wildman–Crippen LogP) is 1.93. The van der Waals surface area contributed by atoms with Gasteiger partial charge in [0.2, 0.25) is 6.79 Å². The van der Waals surface area contributed by atoms with Crippen molar-refractivity contribution in [3.05, 3.63) is 23.8 Å². The predicted molar refractivity (Wildman–Crippen MR) is 71.2 cm³/mol. The smallest absolute Gasteiger partial charge is 0.328 e. The van der Waals surface area contributed by atoms with Crippen LogP contribution in [-0.2, 0) is 9.53 Å². The summed E-state index contributed by atoms with van der Waals surface area (Å²) in [5.41, 5.74) is 0.611. The molecule has 1 unspecified atom stereocenters. The Labute approximate surface area is 116 Å². The Bertz CT molecular complexity index is 523. The monoisotopic (exact) mass is 280 g/mol. The Hall–Kier alpha value is -2.21. The SMILES string of the molecule is COC(C)COc1cc2c(cc1/C=C/C(=O)O)OCO2. The number of carboxylic acids is 1. The standard InChI is InChI=1S/C14H16O6/c1-9(17-2)7-18-11-6-13-12(19-8-20-13)5-10(11)3-4-14(15)16/h3-6,9H,7-8H2,1-2H3,(H,15,16)/b4-3+. The Morgan fingerprint density at radius 3 is 2.80 bits per heavy atom. The van der Waals surface area contributed by atoms with Gasteiger partial charge in [0, 0.05) is 24.8 Å². The fourth-order valence-corrected chi connectivity index (χ4v) is 1.63. The van der Waals surface area contributed by atoms with Crippen molar-refractivity contribution >= 4 is 12.0 Å². The van der Waals surface area contributed by atoms with Crippen molar-refractivity contribution in [1.29, 1.82) is 0 Å². The lowest BCUT2D eigenvalue weighted by Crippen LogP contribution is -2.16. The molecule has 0 aliphatic carbocycles. The summed E-state index contributed by atoms with van der Waals surface area (Å²) in [6.07, 6.45) is 2.43. The molecular formula is C14H16O6. The first-order valence-corrected chi connectivity index (χ1v) is 6.10. The lowest BCUT2D eigenvalue weighted by molar-refractivity contribution is -0.131. The number of carboxylic acid groups (broad SMARTS) is 1. The molecular weight excluding hydrogens is 264 g/mol. The molecule has 0 spiro atoms. The van der Waals surface area contributed by atoms with Gasteiger partial charge in [-0.3, -0.25) is 0 Å². The third-order valence-electron chi connectivity index (χ3n) is 2.79. The van der Waals surface area contributed by atoms with Gasteiger partial charge in [-0.05, 0) is 19.1 Å². The van der Waals surface area contributed by atoms with Gasteiger partial charge >= 0.3 is 5.97 Å². The quantitative estimate of drug-likeness (QED) is 0.802. The van der Waals surface area contributed by atoms with E-state index in [1.807, 2.05) is 6.92 Å². The zero-order valence-electron chi connectivity index (χ0n) is 11.3. The molecule has 108 valence electrons. The van der Waals surface area contributed by atoms with Crippen LogP contribution < -0.4 is 14.2 Å². The number of methoxy groups -OCH3 is 1. The molecule has 0 bridgehead atoms. The Kier molecular flexibility index (Phi) is 4.47. The van der Waals surface area contributed by atoms with E-state index in [9.17, 15) is 4.79 Å². The van der Waals surface area contributed by atoms with E-state index in [4.69, 9.17) is 24.1 Å². The fourth-order valence-electron chi connectivity index (χ4n) is 1.63. The van der Waals surface area contributed by atoms with E-state index in [1.165, 1.54) is 6.08 Å².